The van der Waals surface area contributed by atoms with Crippen molar-refractivity contribution in [1.82, 2.24) is 15.0 Å². The molecule has 36 heavy (non-hydrogen) atoms. The minimum atomic E-state index is -0.499. The van der Waals surface area contributed by atoms with Crippen LogP contribution in [0.5, 0.6) is 0 Å². The summed E-state index contributed by atoms with van der Waals surface area (Å²) in [5, 5.41) is 17.3. The molecule has 0 fully saturated rings. The second-order valence-electron chi connectivity index (χ2n) is 7.82. The minimum absolute atomic E-state index is 0.0830. The van der Waals surface area contributed by atoms with E-state index in [0.717, 1.165) is 5.56 Å². The van der Waals surface area contributed by atoms with Crippen LogP contribution in [0.4, 0.5) is 23.5 Å². The highest BCUT2D eigenvalue weighted by atomic mass is 35.5. The zero-order chi connectivity index (χ0) is 25.5. The standard InChI is InChI=1S/C24H23ClN8O3/c1-32(2)24-30-22(27-13-16-6-4-3-5-7-16)29-23(31-24)28-15-26-14-18-9-11-21(36-18)19-10-8-17(33(34)35)12-20(19)25/h3-12,15H,13-14H2,1-2H3,(H2,26,27,28,29,30,31). The van der Waals surface area contributed by atoms with Crippen LogP contribution in [0.15, 0.2) is 70.1 Å². The molecule has 0 amide bonds. The predicted molar refractivity (Wildman–Crippen MR) is 140 cm³/mol. The van der Waals surface area contributed by atoms with Gasteiger partial charge < -0.3 is 20.0 Å². The molecule has 4 rings (SSSR count). The van der Waals surface area contributed by atoms with Gasteiger partial charge in [0.1, 0.15) is 11.5 Å². The van der Waals surface area contributed by atoms with Crippen molar-refractivity contribution in [3.63, 3.8) is 0 Å². The number of nitrogens with one attached hydrogen (secondary N) is 2. The van der Waals surface area contributed by atoms with E-state index in [2.05, 4.69) is 30.6 Å². The lowest BCUT2D eigenvalue weighted by molar-refractivity contribution is -0.384. The number of non-ortho nitro benzene ring substituents is 1. The molecule has 2 aromatic carbocycles. The number of nitrogens with zero attached hydrogens (tertiary/aromatic N) is 6. The second kappa shape index (κ2) is 11.3. The average Bonchev–Trinajstić information content (AvgIpc) is 3.34. The number of nitro benzene ring substituents is 1. The lowest BCUT2D eigenvalue weighted by Gasteiger charge is -2.13. The molecule has 4 aromatic rings. The van der Waals surface area contributed by atoms with Crippen LogP contribution >= 0.6 is 11.6 Å². The predicted octanol–water partition coefficient (Wildman–Crippen LogP) is 5.01. The number of hydrogen-bond donors (Lipinski definition) is 2. The third-order valence-electron chi connectivity index (χ3n) is 4.94. The Morgan fingerprint density at radius 3 is 2.58 bits per heavy atom. The van der Waals surface area contributed by atoms with Crippen LogP contribution in [0, 0.1) is 10.1 Å². The monoisotopic (exact) mass is 506 g/mol. The zero-order valence-electron chi connectivity index (χ0n) is 19.6. The van der Waals surface area contributed by atoms with Crippen molar-refractivity contribution in [3.05, 3.63) is 87.1 Å². The molecule has 2 heterocycles. The fourth-order valence-corrected chi connectivity index (χ4v) is 3.42. The molecule has 0 bridgehead atoms. The first kappa shape index (κ1) is 24.6. The molecule has 0 aliphatic heterocycles. The first-order valence-electron chi connectivity index (χ1n) is 10.9. The third kappa shape index (κ3) is 6.33. The Hall–Kier alpha value is -4.51. The molecule has 2 aromatic heterocycles. The summed E-state index contributed by atoms with van der Waals surface area (Å²) in [6.07, 6.45) is 1.48. The third-order valence-corrected chi connectivity index (χ3v) is 5.25. The highest BCUT2D eigenvalue weighted by Crippen LogP contribution is 2.32. The molecule has 0 aliphatic carbocycles. The Morgan fingerprint density at radius 1 is 1.08 bits per heavy atom. The van der Waals surface area contributed by atoms with Gasteiger partial charge in [-0.15, -0.1) is 0 Å². The van der Waals surface area contributed by atoms with E-state index in [1.807, 2.05) is 44.4 Å². The van der Waals surface area contributed by atoms with Crippen LogP contribution in [0.1, 0.15) is 11.3 Å². The van der Waals surface area contributed by atoms with Crippen LogP contribution in [-0.4, -0.2) is 40.3 Å². The van der Waals surface area contributed by atoms with Crippen LogP contribution in [0.2, 0.25) is 5.02 Å². The van der Waals surface area contributed by atoms with Crippen molar-refractivity contribution >= 4 is 41.5 Å². The first-order valence-corrected chi connectivity index (χ1v) is 11.3. The maximum Gasteiger partial charge on any atom is 0.270 e. The quantitative estimate of drug-likeness (QED) is 0.132. The maximum atomic E-state index is 10.9. The van der Waals surface area contributed by atoms with Gasteiger partial charge in [0.2, 0.25) is 17.8 Å². The number of hydrogen-bond acceptors (Lipinski definition) is 9. The summed E-state index contributed by atoms with van der Waals surface area (Å²) in [7, 11) is 3.69. The molecule has 12 heteroatoms. The number of aromatic nitrogens is 3. The Balaban J connectivity index is 1.39. The molecule has 11 nitrogen and oxygen atoms in total. The van der Waals surface area contributed by atoms with E-state index in [0.29, 0.717) is 41.5 Å². The van der Waals surface area contributed by atoms with Crippen LogP contribution < -0.4 is 15.5 Å². The van der Waals surface area contributed by atoms with Crippen LogP contribution in [0.25, 0.3) is 11.3 Å². The number of benzene rings is 2. The zero-order valence-corrected chi connectivity index (χ0v) is 20.3. The second-order valence-corrected chi connectivity index (χ2v) is 8.22. The lowest BCUT2D eigenvalue weighted by atomic mass is 10.1. The smallest absolute Gasteiger partial charge is 0.270 e. The van der Waals surface area contributed by atoms with E-state index < -0.39 is 4.92 Å². The first-order chi connectivity index (χ1) is 17.4. The summed E-state index contributed by atoms with van der Waals surface area (Å²) >= 11 is 6.19. The van der Waals surface area contributed by atoms with E-state index in [-0.39, 0.29) is 17.3 Å². The highest BCUT2D eigenvalue weighted by Gasteiger charge is 2.13. The van der Waals surface area contributed by atoms with Gasteiger partial charge >= 0.3 is 0 Å². The molecule has 2 N–H and O–H groups in total. The fourth-order valence-electron chi connectivity index (χ4n) is 3.15. The van der Waals surface area contributed by atoms with Crippen molar-refractivity contribution in [1.29, 1.82) is 0 Å². The van der Waals surface area contributed by atoms with Crippen molar-refractivity contribution in [2.75, 3.05) is 29.6 Å². The van der Waals surface area contributed by atoms with Crippen molar-refractivity contribution in [3.8, 4) is 11.3 Å². The molecule has 0 saturated carbocycles. The van der Waals surface area contributed by atoms with E-state index >= 15 is 0 Å². The van der Waals surface area contributed by atoms with E-state index in [4.69, 9.17) is 16.0 Å². The number of furan rings is 1. The SMILES string of the molecule is CN(C)c1nc(NC=NCc2ccc(-c3ccc([N+](=O)[O-])cc3Cl)o2)nc(NCc2ccccc2)n1. The van der Waals surface area contributed by atoms with E-state index in [1.54, 1.807) is 23.1 Å². The largest absolute Gasteiger partial charge is 0.459 e. The van der Waals surface area contributed by atoms with Gasteiger partial charge in [-0.1, -0.05) is 41.9 Å². The van der Waals surface area contributed by atoms with Gasteiger partial charge in [0.15, 0.2) is 0 Å². The van der Waals surface area contributed by atoms with Gasteiger partial charge in [-0.05, 0) is 23.8 Å². The molecule has 0 unspecified atom stereocenters. The highest BCUT2D eigenvalue weighted by molar-refractivity contribution is 6.33. The molecule has 0 saturated heterocycles. The van der Waals surface area contributed by atoms with E-state index in [1.165, 1.54) is 18.5 Å². The Kier molecular flexibility index (Phi) is 7.71. The summed E-state index contributed by atoms with van der Waals surface area (Å²) < 4.78 is 5.79. The Labute approximate surface area is 212 Å². The molecule has 0 atom stereocenters. The molecule has 0 aliphatic rings. The molecule has 0 spiro atoms. The summed E-state index contributed by atoms with van der Waals surface area (Å²) in [5.41, 5.74) is 1.58. The van der Waals surface area contributed by atoms with Gasteiger partial charge in [-0.2, -0.15) is 15.0 Å². The Morgan fingerprint density at radius 2 is 1.86 bits per heavy atom. The number of nitro groups is 1. The molecular weight excluding hydrogens is 484 g/mol. The van der Waals surface area contributed by atoms with Gasteiger partial charge in [0, 0.05) is 38.3 Å². The minimum Gasteiger partial charge on any atom is -0.459 e. The molecule has 184 valence electrons. The number of rotatable bonds is 10. The molecular formula is C24H23ClN8O3. The van der Waals surface area contributed by atoms with Crippen molar-refractivity contribution in [2.45, 2.75) is 13.1 Å². The van der Waals surface area contributed by atoms with Crippen molar-refractivity contribution in [2.24, 2.45) is 4.99 Å². The van der Waals surface area contributed by atoms with Crippen molar-refractivity contribution < 1.29 is 9.34 Å². The Bertz CT molecular complexity index is 1380. The normalized spacial score (nSPS) is 11.0. The number of anilines is 3. The number of aliphatic imine (C=N–C) groups is 1. The van der Waals surface area contributed by atoms with Crippen LogP contribution in [0.3, 0.4) is 0 Å². The average molecular weight is 507 g/mol. The van der Waals surface area contributed by atoms with E-state index in [9.17, 15) is 10.1 Å². The van der Waals surface area contributed by atoms with Gasteiger partial charge in [0.05, 0.1) is 22.8 Å². The fraction of sp³-hybridized carbons (Fsp3) is 0.167. The topological polar surface area (TPSA) is 135 Å². The summed E-state index contributed by atoms with van der Waals surface area (Å²) in [4.78, 5) is 29.7. The summed E-state index contributed by atoms with van der Waals surface area (Å²) in [5.74, 6) is 2.35. The number of halogens is 1. The summed E-state index contributed by atoms with van der Waals surface area (Å²) in [6.45, 7) is 0.827. The lowest BCUT2D eigenvalue weighted by Crippen LogP contribution is -2.17. The molecule has 0 radical (unpaired) electrons. The van der Waals surface area contributed by atoms with Gasteiger partial charge in [-0.3, -0.25) is 15.1 Å². The summed E-state index contributed by atoms with van der Waals surface area (Å²) in [6, 6.07) is 17.7. The van der Waals surface area contributed by atoms with Crippen LogP contribution in [-0.2, 0) is 13.1 Å². The maximum absolute atomic E-state index is 10.9. The van der Waals surface area contributed by atoms with Gasteiger partial charge in [-0.25, -0.2) is 0 Å². The van der Waals surface area contributed by atoms with Gasteiger partial charge in [0.25, 0.3) is 5.69 Å².